The highest BCUT2D eigenvalue weighted by Gasteiger charge is 2.27. The number of rotatable bonds is 6. The highest BCUT2D eigenvalue weighted by atomic mass is 16.5. The molecule has 1 saturated heterocycles. The van der Waals surface area contributed by atoms with Crippen LogP contribution in [0.3, 0.4) is 0 Å². The second-order valence-electron chi connectivity index (χ2n) is 6.62. The zero-order chi connectivity index (χ0) is 16.1. The number of nitrogens with zero attached hydrogens (tertiary/aromatic N) is 3. The number of aromatic nitrogens is 1. The quantitative estimate of drug-likeness (QED) is 0.800. The van der Waals surface area contributed by atoms with Gasteiger partial charge in [-0.25, -0.2) is 0 Å². The van der Waals surface area contributed by atoms with Crippen LogP contribution in [0.4, 0.5) is 0 Å². The Kier molecular flexibility index (Phi) is 5.97. The van der Waals surface area contributed by atoms with Gasteiger partial charge in [0, 0.05) is 25.7 Å². The van der Waals surface area contributed by atoms with Crippen molar-refractivity contribution in [3.05, 3.63) is 17.5 Å². The van der Waals surface area contributed by atoms with E-state index in [1.54, 1.807) is 6.07 Å². The highest BCUT2D eigenvalue weighted by molar-refractivity contribution is 5.91. The Bertz CT molecular complexity index is 485. The van der Waals surface area contributed by atoms with Crippen LogP contribution in [0, 0.1) is 5.92 Å². The van der Waals surface area contributed by atoms with Gasteiger partial charge in [-0.05, 0) is 32.9 Å². The third kappa shape index (κ3) is 4.81. The van der Waals surface area contributed by atoms with Crippen LogP contribution in [0.1, 0.15) is 36.5 Å². The van der Waals surface area contributed by atoms with Gasteiger partial charge < -0.3 is 19.1 Å². The molecule has 0 bridgehead atoms. The summed E-state index contributed by atoms with van der Waals surface area (Å²) in [5.74, 6) is 0.747. The molecule has 1 aromatic heterocycles. The van der Waals surface area contributed by atoms with Crippen LogP contribution in [0.2, 0.25) is 0 Å². The first-order chi connectivity index (χ1) is 10.5. The fourth-order valence-electron chi connectivity index (χ4n) is 2.56. The van der Waals surface area contributed by atoms with E-state index in [9.17, 15) is 4.79 Å². The smallest absolute Gasteiger partial charge is 0.292 e. The number of amides is 1. The normalized spacial score (nSPS) is 19.2. The zero-order valence-electron chi connectivity index (χ0n) is 14.0. The summed E-state index contributed by atoms with van der Waals surface area (Å²) in [5.41, 5.74) is 0.843. The molecule has 1 unspecified atom stereocenters. The summed E-state index contributed by atoms with van der Waals surface area (Å²) in [6.07, 6.45) is 1.84. The molecule has 6 heteroatoms. The number of hydrogen-bond acceptors (Lipinski definition) is 5. The van der Waals surface area contributed by atoms with Crippen molar-refractivity contribution >= 4 is 5.91 Å². The number of carbonyl (C=O) groups is 1. The number of carbonyl (C=O) groups excluding carboxylic acids is 1. The highest BCUT2D eigenvalue weighted by Crippen LogP contribution is 2.15. The molecule has 0 spiro atoms. The fraction of sp³-hybridized carbons (Fsp3) is 0.750. The van der Waals surface area contributed by atoms with Gasteiger partial charge in [-0.1, -0.05) is 19.0 Å². The molecule has 1 fully saturated rings. The van der Waals surface area contributed by atoms with E-state index in [4.69, 9.17) is 9.26 Å². The molecule has 0 radical (unpaired) electrons. The van der Waals surface area contributed by atoms with Crippen molar-refractivity contribution in [3.8, 4) is 0 Å². The van der Waals surface area contributed by atoms with Gasteiger partial charge in [0.15, 0.2) is 0 Å². The van der Waals surface area contributed by atoms with E-state index in [-0.39, 0.29) is 12.0 Å². The Morgan fingerprint density at radius 1 is 1.50 bits per heavy atom. The van der Waals surface area contributed by atoms with Crippen LogP contribution in [0.5, 0.6) is 0 Å². The van der Waals surface area contributed by atoms with Crippen molar-refractivity contribution in [2.45, 2.75) is 32.8 Å². The third-order valence-corrected chi connectivity index (χ3v) is 3.71. The standard InChI is InChI=1S/C16H27N3O3/c1-12(2)9-13-10-15(22-17-13)16(20)19-7-8-21-14(11-19)5-6-18(3)4/h10,12,14H,5-9,11H2,1-4H3. The van der Waals surface area contributed by atoms with Crippen LogP contribution in [0.25, 0.3) is 0 Å². The summed E-state index contributed by atoms with van der Waals surface area (Å²) in [7, 11) is 4.08. The lowest BCUT2D eigenvalue weighted by Gasteiger charge is -2.32. The average Bonchev–Trinajstić information content (AvgIpc) is 2.92. The van der Waals surface area contributed by atoms with Gasteiger partial charge in [0.05, 0.1) is 18.4 Å². The van der Waals surface area contributed by atoms with Crippen molar-refractivity contribution < 1.29 is 14.1 Å². The first kappa shape index (κ1) is 17.0. The van der Waals surface area contributed by atoms with Gasteiger partial charge in [0.1, 0.15) is 0 Å². The summed E-state index contributed by atoms with van der Waals surface area (Å²) in [6.45, 7) is 7.00. The fourth-order valence-corrected chi connectivity index (χ4v) is 2.56. The molecule has 0 aromatic carbocycles. The minimum Gasteiger partial charge on any atom is -0.374 e. The number of hydrogen-bond donors (Lipinski definition) is 0. The second kappa shape index (κ2) is 7.74. The predicted octanol–water partition coefficient (Wildman–Crippen LogP) is 1.67. The van der Waals surface area contributed by atoms with Crippen LogP contribution >= 0.6 is 0 Å². The molecule has 1 aromatic rings. The number of morpholine rings is 1. The van der Waals surface area contributed by atoms with E-state index in [1.165, 1.54) is 0 Å². The molecule has 22 heavy (non-hydrogen) atoms. The Hall–Kier alpha value is -1.40. The maximum Gasteiger partial charge on any atom is 0.292 e. The molecule has 0 aliphatic carbocycles. The van der Waals surface area contributed by atoms with E-state index in [0.717, 1.165) is 25.1 Å². The van der Waals surface area contributed by atoms with Crippen LogP contribution in [-0.4, -0.2) is 67.3 Å². The Morgan fingerprint density at radius 3 is 2.95 bits per heavy atom. The van der Waals surface area contributed by atoms with Crippen LogP contribution < -0.4 is 0 Å². The van der Waals surface area contributed by atoms with Crippen molar-refractivity contribution in [1.82, 2.24) is 15.0 Å². The largest absolute Gasteiger partial charge is 0.374 e. The monoisotopic (exact) mass is 309 g/mol. The molecular formula is C16H27N3O3. The second-order valence-corrected chi connectivity index (χ2v) is 6.62. The van der Waals surface area contributed by atoms with E-state index in [2.05, 4.69) is 23.9 Å². The van der Waals surface area contributed by atoms with Crippen molar-refractivity contribution in [1.29, 1.82) is 0 Å². The van der Waals surface area contributed by atoms with E-state index in [0.29, 0.717) is 31.4 Å². The molecule has 124 valence electrons. The summed E-state index contributed by atoms with van der Waals surface area (Å²) in [4.78, 5) is 16.4. The molecule has 6 nitrogen and oxygen atoms in total. The van der Waals surface area contributed by atoms with Gasteiger partial charge in [-0.2, -0.15) is 0 Å². The first-order valence-electron chi connectivity index (χ1n) is 7.97. The molecular weight excluding hydrogens is 282 g/mol. The summed E-state index contributed by atoms with van der Waals surface area (Å²) in [5, 5.41) is 3.99. The molecule has 0 saturated carbocycles. The topological polar surface area (TPSA) is 58.8 Å². The molecule has 1 atom stereocenters. The van der Waals surface area contributed by atoms with Gasteiger partial charge in [0.25, 0.3) is 5.91 Å². The Labute approximate surface area is 132 Å². The summed E-state index contributed by atoms with van der Waals surface area (Å²) >= 11 is 0. The van der Waals surface area contributed by atoms with Gasteiger partial charge >= 0.3 is 0 Å². The molecule has 1 aliphatic heterocycles. The molecule has 1 amide bonds. The lowest BCUT2D eigenvalue weighted by molar-refractivity contribution is -0.0280. The maximum absolute atomic E-state index is 12.5. The minimum atomic E-state index is -0.0827. The molecule has 1 aliphatic rings. The SMILES string of the molecule is CC(C)Cc1cc(C(=O)N2CCOC(CCN(C)C)C2)on1. The zero-order valence-corrected chi connectivity index (χ0v) is 14.0. The maximum atomic E-state index is 12.5. The number of ether oxygens (including phenoxy) is 1. The van der Waals surface area contributed by atoms with Crippen molar-refractivity contribution in [2.75, 3.05) is 40.3 Å². The molecule has 2 heterocycles. The predicted molar refractivity (Wildman–Crippen MR) is 83.9 cm³/mol. The minimum absolute atomic E-state index is 0.0827. The van der Waals surface area contributed by atoms with Gasteiger partial charge in [0.2, 0.25) is 5.76 Å². The van der Waals surface area contributed by atoms with Crippen molar-refractivity contribution in [2.24, 2.45) is 5.92 Å². The van der Waals surface area contributed by atoms with Gasteiger partial charge in [-0.3, -0.25) is 4.79 Å². The third-order valence-electron chi connectivity index (χ3n) is 3.71. The van der Waals surface area contributed by atoms with Crippen LogP contribution in [0.15, 0.2) is 10.6 Å². The molecule has 2 rings (SSSR count). The van der Waals surface area contributed by atoms with Crippen molar-refractivity contribution in [3.63, 3.8) is 0 Å². The van der Waals surface area contributed by atoms with E-state index >= 15 is 0 Å². The Balaban J connectivity index is 1.92. The average molecular weight is 309 g/mol. The van der Waals surface area contributed by atoms with E-state index in [1.807, 2.05) is 19.0 Å². The van der Waals surface area contributed by atoms with E-state index < -0.39 is 0 Å². The summed E-state index contributed by atoms with van der Waals surface area (Å²) < 4.78 is 11.0. The van der Waals surface area contributed by atoms with Crippen LogP contribution in [-0.2, 0) is 11.2 Å². The summed E-state index contributed by atoms with van der Waals surface area (Å²) in [6, 6.07) is 1.77. The first-order valence-corrected chi connectivity index (χ1v) is 7.97. The molecule has 0 N–H and O–H groups in total. The lowest BCUT2D eigenvalue weighted by Crippen LogP contribution is -2.46. The van der Waals surface area contributed by atoms with Gasteiger partial charge in [-0.15, -0.1) is 0 Å². The lowest BCUT2D eigenvalue weighted by atomic mass is 10.1. The Morgan fingerprint density at radius 2 is 2.27 bits per heavy atom.